The maximum Gasteiger partial charge on any atom is 0.0527 e. The van der Waals surface area contributed by atoms with Crippen LogP contribution in [0.15, 0.2) is 0 Å². The summed E-state index contributed by atoms with van der Waals surface area (Å²) in [7, 11) is 0. The molecule has 1 N–H and O–H groups in total. The summed E-state index contributed by atoms with van der Waals surface area (Å²) in [6.07, 6.45) is 4.76. The van der Waals surface area contributed by atoms with Crippen LogP contribution in [0, 0.1) is 5.92 Å². The van der Waals surface area contributed by atoms with Crippen LogP contribution in [0.1, 0.15) is 46.5 Å². The van der Waals surface area contributed by atoms with Gasteiger partial charge in [-0.15, -0.1) is 0 Å². The molecule has 1 aliphatic heterocycles. The molecule has 84 valence electrons. The first-order chi connectivity index (χ1) is 6.59. The van der Waals surface area contributed by atoms with E-state index in [1.54, 1.807) is 0 Å². The molecular weight excluding hydrogens is 174 g/mol. The van der Waals surface area contributed by atoms with Crippen molar-refractivity contribution in [1.82, 2.24) is 4.90 Å². The van der Waals surface area contributed by atoms with Crippen LogP contribution in [0.5, 0.6) is 0 Å². The van der Waals surface area contributed by atoms with Gasteiger partial charge in [0.05, 0.1) is 6.10 Å². The summed E-state index contributed by atoms with van der Waals surface area (Å²) < 4.78 is 0. The molecule has 1 fully saturated rings. The molecule has 1 heterocycles. The van der Waals surface area contributed by atoms with E-state index in [0.29, 0.717) is 6.04 Å². The first-order valence-electron chi connectivity index (χ1n) is 6.01. The zero-order valence-electron chi connectivity index (χ0n) is 9.87. The minimum Gasteiger partial charge on any atom is -0.393 e. The quantitative estimate of drug-likeness (QED) is 0.751. The second-order valence-electron chi connectivity index (χ2n) is 5.12. The van der Waals surface area contributed by atoms with Gasteiger partial charge in [0.2, 0.25) is 0 Å². The van der Waals surface area contributed by atoms with E-state index >= 15 is 0 Å². The van der Waals surface area contributed by atoms with E-state index in [9.17, 15) is 5.11 Å². The van der Waals surface area contributed by atoms with Gasteiger partial charge in [0.15, 0.2) is 0 Å². The first-order valence-corrected chi connectivity index (χ1v) is 6.01. The maximum absolute atomic E-state index is 9.43. The van der Waals surface area contributed by atoms with E-state index in [4.69, 9.17) is 0 Å². The topological polar surface area (TPSA) is 23.5 Å². The SMILES string of the molecule is CC(C)CN1CCCCC1CC(C)O. The van der Waals surface area contributed by atoms with Crippen molar-refractivity contribution in [3.05, 3.63) is 0 Å². The van der Waals surface area contributed by atoms with E-state index in [1.165, 1.54) is 32.4 Å². The van der Waals surface area contributed by atoms with Crippen LogP contribution in [0.4, 0.5) is 0 Å². The van der Waals surface area contributed by atoms with Gasteiger partial charge in [0.25, 0.3) is 0 Å². The molecule has 2 unspecified atom stereocenters. The number of aliphatic hydroxyl groups is 1. The largest absolute Gasteiger partial charge is 0.393 e. The number of hydrogen-bond acceptors (Lipinski definition) is 2. The summed E-state index contributed by atoms with van der Waals surface area (Å²) in [5.74, 6) is 0.740. The molecule has 2 heteroatoms. The Kier molecular flexibility index (Phi) is 4.90. The third-order valence-corrected chi connectivity index (χ3v) is 2.96. The molecule has 14 heavy (non-hydrogen) atoms. The summed E-state index contributed by atoms with van der Waals surface area (Å²) in [4.78, 5) is 2.57. The Morgan fingerprint density at radius 2 is 2.00 bits per heavy atom. The molecule has 0 aromatic rings. The van der Waals surface area contributed by atoms with Gasteiger partial charge in [0, 0.05) is 12.6 Å². The number of hydrogen-bond donors (Lipinski definition) is 1. The van der Waals surface area contributed by atoms with Crippen molar-refractivity contribution in [2.24, 2.45) is 5.92 Å². The number of piperidine rings is 1. The third-order valence-electron chi connectivity index (χ3n) is 2.96. The van der Waals surface area contributed by atoms with Crippen molar-refractivity contribution in [2.45, 2.75) is 58.6 Å². The van der Waals surface area contributed by atoms with Gasteiger partial charge in [-0.25, -0.2) is 0 Å². The molecule has 0 radical (unpaired) electrons. The molecule has 0 amide bonds. The normalized spacial score (nSPS) is 26.8. The smallest absolute Gasteiger partial charge is 0.0527 e. The van der Waals surface area contributed by atoms with Crippen LogP contribution in [-0.2, 0) is 0 Å². The predicted molar refractivity (Wildman–Crippen MR) is 60.3 cm³/mol. The van der Waals surface area contributed by atoms with Crippen molar-refractivity contribution in [3.8, 4) is 0 Å². The van der Waals surface area contributed by atoms with Gasteiger partial charge in [0.1, 0.15) is 0 Å². The highest BCUT2D eigenvalue weighted by atomic mass is 16.3. The van der Waals surface area contributed by atoms with Crippen molar-refractivity contribution in [1.29, 1.82) is 0 Å². The van der Waals surface area contributed by atoms with E-state index in [-0.39, 0.29) is 6.10 Å². The van der Waals surface area contributed by atoms with Crippen LogP contribution < -0.4 is 0 Å². The zero-order valence-corrected chi connectivity index (χ0v) is 9.87. The standard InChI is InChI=1S/C12H25NO/c1-10(2)9-13-7-5-4-6-12(13)8-11(3)14/h10-12,14H,4-9H2,1-3H3. The van der Waals surface area contributed by atoms with Crippen LogP contribution in [0.25, 0.3) is 0 Å². The fraction of sp³-hybridized carbons (Fsp3) is 1.00. The van der Waals surface area contributed by atoms with Gasteiger partial charge in [-0.05, 0) is 38.6 Å². The lowest BCUT2D eigenvalue weighted by Gasteiger charge is -2.37. The van der Waals surface area contributed by atoms with Crippen molar-refractivity contribution in [3.63, 3.8) is 0 Å². The second-order valence-corrected chi connectivity index (χ2v) is 5.12. The second kappa shape index (κ2) is 5.72. The highest BCUT2D eigenvalue weighted by molar-refractivity contribution is 4.78. The fourth-order valence-electron chi connectivity index (χ4n) is 2.43. The molecule has 0 bridgehead atoms. The molecular formula is C12H25NO. The lowest BCUT2D eigenvalue weighted by molar-refractivity contribution is 0.0787. The Labute approximate surface area is 88.3 Å². The summed E-state index contributed by atoms with van der Waals surface area (Å²) >= 11 is 0. The Balaban J connectivity index is 2.41. The highest BCUT2D eigenvalue weighted by Gasteiger charge is 2.23. The molecule has 0 aromatic heterocycles. The minimum atomic E-state index is -0.146. The van der Waals surface area contributed by atoms with Gasteiger partial charge in [-0.3, -0.25) is 0 Å². The number of rotatable bonds is 4. The van der Waals surface area contributed by atoms with Gasteiger partial charge >= 0.3 is 0 Å². The monoisotopic (exact) mass is 199 g/mol. The van der Waals surface area contributed by atoms with Crippen LogP contribution in [-0.4, -0.2) is 35.2 Å². The lowest BCUT2D eigenvalue weighted by Crippen LogP contribution is -2.42. The van der Waals surface area contributed by atoms with Crippen LogP contribution in [0.2, 0.25) is 0 Å². The number of likely N-dealkylation sites (tertiary alicyclic amines) is 1. The number of aliphatic hydroxyl groups excluding tert-OH is 1. The summed E-state index contributed by atoms with van der Waals surface area (Å²) in [5.41, 5.74) is 0. The molecule has 0 aromatic carbocycles. The Morgan fingerprint density at radius 1 is 1.29 bits per heavy atom. The molecule has 1 rings (SSSR count). The molecule has 1 saturated heterocycles. The lowest BCUT2D eigenvalue weighted by atomic mass is 9.96. The van der Waals surface area contributed by atoms with Crippen LogP contribution in [0.3, 0.4) is 0 Å². The van der Waals surface area contributed by atoms with E-state index in [0.717, 1.165) is 12.3 Å². The van der Waals surface area contributed by atoms with Crippen molar-refractivity contribution < 1.29 is 5.11 Å². The van der Waals surface area contributed by atoms with Crippen LogP contribution >= 0.6 is 0 Å². The molecule has 1 aliphatic rings. The molecule has 2 atom stereocenters. The average molecular weight is 199 g/mol. The van der Waals surface area contributed by atoms with E-state index in [1.807, 2.05) is 6.92 Å². The Bertz CT molecular complexity index is 138. The molecule has 0 saturated carbocycles. The molecule has 0 aliphatic carbocycles. The fourth-order valence-corrected chi connectivity index (χ4v) is 2.43. The zero-order chi connectivity index (χ0) is 10.6. The maximum atomic E-state index is 9.43. The third kappa shape index (κ3) is 3.97. The van der Waals surface area contributed by atoms with Gasteiger partial charge in [-0.1, -0.05) is 20.3 Å². The molecule has 2 nitrogen and oxygen atoms in total. The summed E-state index contributed by atoms with van der Waals surface area (Å²) in [6, 6.07) is 0.631. The minimum absolute atomic E-state index is 0.146. The summed E-state index contributed by atoms with van der Waals surface area (Å²) in [5, 5.41) is 9.43. The van der Waals surface area contributed by atoms with E-state index in [2.05, 4.69) is 18.7 Å². The Morgan fingerprint density at radius 3 is 2.57 bits per heavy atom. The average Bonchev–Trinajstić information content (AvgIpc) is 2.06. The van der Waals surface area contributed by atoms with Gasteiger partial charge < -0.3 is 10.0 Å². The van der Waals surface area contributed by atoms with Crippen molar-refractivity contribution >= 4 is 0 Å². The first kappa shape index (κ1) is 12.0. The van der Waals surface area contributed by atoms with Crippen molar-refractivity contribution in [2.75, 3.05) is 13.1 Å². The Hall–Kier alpha value is -0.0800. The molecule has 0 spiro atoms. The highest BCUT2D eigenvalue weighted by Crippen LogP contribution is 2.21. The van der Waals surface area contributed by atoms with Gasteiger partial charge in [-0.2, -0.15) is 0 Å². The predicted octanol–water partition coefficient (Wildman–Crippen LogP) is 2.27. The van der Waals surface area contributed by atoms with E-state index < -0.39 is 0 Å². The summed E-state index contributed by atoms with van der Waals surface area (Å²) in [6.45, 7) is 8.87. The number of nitrogens with zero attached hydrogens (tertiary/aromatic N) is 1.